The number of ether oxygens (including phenoxy) is 1. The van der Waals surface area contributed by atoms with Crippen LogP contribution in [0.5, 0.6) is 11.5 Å². The van der Waals surface area contributed by atoms with Gasteiger partial charge in [0.2, 0.25) is 0 Å². The molecule has 2 fully saturated rings. The molecule has 1 spiro atoms. The minimum absolute atomic E-state index is 0.122. The number of nitrogens with one attached hydrogen (secondary N) is 1. The van der Waals surface area contributed by atoms with Gasteiger partial charge in [-0.15, -0.1) is 0 Å². The summed E-state index contributed by atoms with van der Waals surface area (Å²) in [6.07, 6.45) is 2.11. The smallest absolute Gasteiger partial charge is 0.264 e. The molecule has 4 aliphatic rings. The summed E-state index contributed by atoms with van der Waals surface area (Å²) in [6.45, 7) is 4.57. The molecule has 4 N–H and O–H groups in total. The summed E-state index contributed by atoms with van der Waals surface area (Å²) in [4.78, 5) is 15.2. The third kappa shape index (κ3) is 3.95. The van der Waals surface area contributed by atoms with Gasteiger partial charge in [0.1, 0.15) is 5.76 Å². The summed E-state index contributed by atoms with van der Waals surface area (Å²) in [7, 11) is -4.28. The third-order valence-electron chi connectivity index (χ3n) is 9.05. The molecular weight excluding hydrogens is 544 g/mol. The van der Waals surface area contributed by atoms with Crippen LogP contribution in [0.3, 0.4) is 0 Å². The van der Waals surface area contributed by atoms with E-state index in [2.05, 4.69) is 4.90 Å². The zero-order valence-corrected chi connectivity index (χ0v) is 23.2. The lowest BCUT2D eigenvalue weighted by Gasteiger charge is -2.59. The summed E-state index contributed by atoms with van der Waals surface area (Å²) in [6, 6.07) is 8.59. The number of halogens is 1. The van der Waals surface area contributed by atoms with E-state index < -0.39 is 38.8 Å². The summed E-state index contributed by atoms with van der Waals surface area (Å²) in [5, 5.41) is 34.6. The number of carbonyl (C=O) groups is 1. The van der Waals surface area contributed by atoms with Gasteiger partial charge in [-0.25, -0.2) is 13.1 Å². The number of phenols is 1. The highest BCUT2D eigenvalue weighted by Gasteiger charge is 2.69. The maximum Gasteiger partial charge on any atom is 0.264 e. The Morgan fingerprint density at radius 1 is 1.26 bits per heavy atom. The SMILES string of the molecule is C/C(C(=O)NS(=O)(=O)c1cccc(Cl)c1)=C(/O)[C@@H]1Oc2c(O)ccc3c2[C@@]12CCN(CC1CC1)[C@H](C3)[C@@]2(C)O. The number of phenolic OH excluding ortho intramolecular Hbond substituents is 1. The Morgan fingerprint density at radius 3 is 2.69 bits per heavy atom. The first-order chi connectivity index (χ1) is 18.4. The van der Waals surface area contributed by atoms with E-state index in [1.807, 2.05) is 10.8 Å². The van der Waals surface area contributed by atoms with Crippen molar-refractivity contribution in [3.05, 3.63) is 63.9 Å². The van der Waals surface area contributed by atoms with Gasteiger partial charge >= 0.3 is 0 Å². The second-order valence-corrected chi connectivity index (χ2v) is 13.5. The largest absolute Gasteiger partial charge is 0.508 e. The molecule has 1 amide bonds. The van der Waals surface area contributed by atoms with Gasteiger partial charge in [0.25, 0.3) is 15.9 Å². The molecule has 39 heavy (non-hydrogen) atoms. The molecule has 1 saturated heterocycles. The molecule has 11 heteroatoms. The number of aromatic hydroxyl groups is 1. The zero-order chi connectivity index (χ0) is 27.9. The number of hydrogen-bond donors (Lipinski definition) is 4. The van der Waals surface area contributed by atoms with E-state index in [4.69, 9.17) is 16.3 Å². The highest BCUT2D eigenvalue weighted by atomic mass is 35.5. The van der Waals surface area contributed by atoms with Crippen LogP contribution in [0, 0.1) is 5.92 Å². The molecule has 2 aliphatic carbocycles. The topological polar surface area (TPSA) is 136 Å². The Hall–Kier alpha value is -2.79. The van der Waals surface area contributed by atoms with E-state index in [0.717, 1.165) is 12.1 Å². The van der Waals surface area contributed by atoms with E-state index >= 15 is 0 Å². The number of rotatable bonds is 6. The van der Waals surface area contributed by atoms with Gasteiger partial charge in [-0.1, -0.05) is 23.7 Å². The summed E-state index contributed by atoms with van der Waals surface area (Å²) in [5.74, 6) is -0.859. The Balaban J connectivity index is 1.40. The molecule has 9 nitrogen and oxygen atoms in total. The molecular formula is C28H31ClN2O7S. The van der Waals surface area contributed by atoms with Gasteiger partial charge in [0.05, 0.1) is 21.5 Å². The van der Waals surface area contributed by atoms with Crippen LogP contribution >= 0.6 is 11.6 Å². The van der Waals surface area contributed by atoms with E-state index in [-0.39, 0.29) is 33.0 Å². The standard InChI is InChI=1S/C28H31ClN2O7S/c1-15(26(34)30-39(36,37)19-5-3-4-18(29)13-19)23(33)25-28-10-11-31(14-16-6-7-16)21(27(28,2)35)12-17-8-9-20(32)24(38-25)22(17)28/h3-5,8-9,13,16,21,25,32-33,35H,6-7,10-12,14H2,1-2H3,(H,30,34)/b23-15-/t21-,25+,27-,28+/m1/s1. The van der Waals surface area contributed by atoms with Crippen LogP contribution in [0.25, 0.3) is 0 Å². The molecule has 2 bridgehead atoms. The fourth-order valence-corrected chi connectivity index (χ4v) is 8.09. The van der Waals surface area contributed by atoms with Crippen molar-refractivity contribution in [1.29, 1.82) is 0 Å². The highest BCUT2D eigenvalue weighted by Crippen LogP contribution is 2.63. The third-order valence-corrected chi connectivity index (χ3v) is 10.6. The number of amides is 1. The predicted molar refractivity (Wildman–Crippen MR) is 143 cm³/mol. The van der Waals surface area contributed by atoms with E-state index in [1.165, 1.54) is 44.0 Å². The minimum atomic E-state index is -4.28. The number of fused-ring (bicyclic) bond motifs is 1. The average molecular weight is 575 g/mol. The Morgan fingerprint density at radius 2 is 2.00 bits per heavy atom. The molecule has 0 radical (unpaired) electrons. The van der Waals surface area contributed by atoms with Crippen molar-refractivity contribution in [2.45, 2.75) is 67.6 Å². The molecule has 1 saturated carbocycles. The fraction of sp³-hybridized carbons (Fsp3) is 0.464. The van der Waals surface area contributed by atoms with Gasteiger partial charge in [-0.05, 0) is 81.8 Å². The normalized spacial score (nSPS) is 30.3. The molecule has 0 unspecified atom stereocenters. The van der Waals surface area contributed by atoms with Crippen molar-refractivity contribution < 1.29 is 33.3 Å². The molecule has 2 aromatic carbocycles. The van der Waals surface area contributed by atoms with Crippen molar-refractivity contribution in [3.63, 3.8) is 0 Å². The van der Waals surface area contributed by atoms with Crippen LogP contribution in [0.4, 0.5) is 0 Å². The lowest BCUT2D eigenvalue weighted by molar-refractivity contribution is -0.153. The lowest BCUT2D eigenvalue weighted by Crippen LogP contribution is -2.73. The molecule has 6 rings (SSSR count). The summed E-state index contributed by atoms with van der Waals surface area (Å²) < 4.78 is 33.8. The fourth-order valence-electron chi connectivity index (χ4n) is 6.78. The Bertz CT molecular complexity index is 1520. The van der Waals surface area contributed by atoms with Crippen LogP contribution in [0.15, 0.2) is 52.6 Å². The molecule has 2 heterocycles. The second-order valence-electron chi connectivity index (χ2n) is 11.4. The molecule has 4 atom stereocenters. The van der Waals surface area contributed by atoms with Crippen LogP contribution in [0.2, 0.25) is 5.02 Å². The molecule has 2 aliphatic heterocycles. The maximum atomic E-state index is 13.1. The van der Waals surface area contributed by atoms with E-state index in [0.29, 0.717) is 30.9 Å². The highest BCUT2D eigenvalue weighted by molar-refractivity contribution is 7.90. The van der Waals surface area contributed by atoms with Crippen molar-refractivity contribution >= 4 is 27.5 Å². The number of sulfonamides is 1. The number of benzene rings is 2. The maximum absolute atomic E-state index is 13.1. The first-order valence-electron chi connectivity index (χ1n) is 13.1. The molecule has 2 aromatic rings. The first-order valence-corrected chi connectivity index (χ1v) is 14.9. The second kappa shape index (κ2) is 8.86. The van der Waals surface area contributed by atoms with Crippen LogP contribution < -0.4 is 9.46 Å². The van der Waals surface area contributed by atoms with Crippen molar-refractivity contribution in [1.82, 2.24) is 9.62 Å². The average Bonchev–Trinajstić information content (AvgIpc) is 3.62. The van der Waals surface area contributed by atoms with Gasteiger partial charge in [0.15, 0.2) is 17.6 Å². The quantitative estimate of drug-likeness (QED) is 0.305. The van der Waals surface area contributed by atoms with E-state index in [9.17, 15) is 28.5 Å². The number of aliphatic hydroxyl groups is 2. The molecule has 208 valence electrons. The summed E-state index contributed by atoms with van der Waals surface area (Å²) in [5.41, 5.74) is -1.25. The van der Waals surface area contributed by atoms with Crippen LogP contribution in [0.1, 0.15) is 44.2 Å². The lowest BCUT2D eigenvalue weighted by atomic mass is 9.53. The number of aliphatic hydroxyl groups excluding tert-OH is 1. The number of hydrogen-bond acceptors (Lipinski definition) is 8. The minimum Gasteiger partial charge on any atom is -0.508 e. The van der Waals surface area contributed by atoms with Crippen molar-refractivity contribution in [2.75, 3.05) is 13.1 Å². The number of carbonyl (C=O) groups excluding carboxylic acids is 1. The van der Waals surface area contributed by atoms with Gasteiger partial charge in [-0.2, -0.15) is 0 Å². The Labute approximate surface area is 232 Å². The Kier molecular flexibility index (Phi) is 6.00. The number of nitrogens with zero attached hydrogens (tertiary/aromatic N) is 1. The van der Waals surface area contributed by atoms with Gasteiger partial charge in [0, 0.05) is 23.2 Å². The van der Waals surface area contributed by atoms with Crippen LogP contribution in [-0.2, 0) is 26.7 Å². The van der Waals surface area contributed by atoms with Crippen LogP contribution in [-0.4, -0.2) is 65.4 Å². The predicted octanol–water partition coefficient (Wildman–Crippen LogP) is 3.17. The van der Waals surface area contributed by atoms with Gasteiger partial charge in [-0.3, -0.25) is 9.69 Å². The zero-order valence-electron chi connectivity index (χ0n) is 21.6. The van der Waals surface area contributed by atoms with E-state index in [1.54, 1.807) is 13.0 Å². The van der Waals surface area contributed by atoms with Crippen molar-refractivity contribution in [2.24, 2.45) is 5.92 Å². The number of piperidine rings is 1. The molecule has 0 aromatic heterocycles. The number of likely N-dealkylation sites (tertiary alicyclic amines) is 1. The van der Waals surface area contributed by atoms with Crippen molar-refractivity contribution in [3.8, 4) is 11.5 Å². The monoisotopic (exact) mass is 574 g/mol. The summed E-state index contributed by atoms with van der Waals surface area (Å²) >= 11 is 5.92. The first kappa shape index (κ1) is 26.4. The van der Waals surface area contributed by atoms with Gasteiger partial charge < -0.3 is 20.1 Å².